The van der Waals surface area contributed by atoms with Gasteiger partial charge in [0.2, 0.25) is 0 Å². The quantitative estimate of drug-likeness (QED) is 0.443. The first kappa shape index (κ1) is 28.9. The Morgan fingerprint density at radius 3 is 2.00 bits per heavy atom. The van der Waals surface area contributed by atoms with Crippen LogP contribution in [0.25, 0.3) is 0 Å². The van der Waals surface area contributed by atoms with Crippen molar-refractivity contribution >= 4 is 5.97 Å². The fourth-order valence-corrected chi connectivity index (χ4v) is 5.61. The molecule has 0 spiro atoms. The normalized spacial score (nSPS) is 27.1. The van der Waals surface area contributed by atoms with Crippen LogP contribution < -0.4 is 67.1 Å². The zero-order valence-electron chi connectivity index (χ0n) is 19.2. The molecule has 0 aromatic rings. The summed E-state index contributed by atoms with van der Waals surface area (Å²) < 4.78 is 0. The van der Waals surface area contributed by atoms with Crippen LogP contribution in [0.2, 0.25) is 0 Å². The summed E-state index contributed by atoms with van der Waals surface area (Å²) in [5.74, 6) is -0.261. The molecule has 8 heteroatoms. The predicted octanol–water partition coefficient (Wildman–Crippen LogP) is -3.01. The van der Waals surface area contributed by atoms with E-state index in [0.717, 1.165) is 25.7 Å². The fraction of sp³-hybridized carbons (Fsp3) is 0.955. The zero-order valence-corrected chi connectivity index (χ0v) is 22.3. The van der Waals surface area contributed by atoms with E-state index in [-0.39, 0.29) is 63.4 Å². The van der Waals surface area contributed by atoms with Crippen molar-refractivity contribution in [2.45, 2.75) is 76.3 Å². The molecule has 2 saturated carbocycles. The fourth-order valence-electron chi connectivity index (χ4n) is 5.61. The monoisotopic (exact) mass is 450 g/mol. The maximum absolute atomic E-state index is 10.7. The number of carbonyl (C=O) groups excluding carboxylic acids is 1. The summed E-state index contributed by atoms with van der Waals surface area (Å²) in [4.78, 5) is 15.5. The molecule has 1 atom stereocenters. The van der Waals surface area contributed by atoms with Crippen molar-refractivity contribution < 1.29 is 66.8 Å². The van der Waals surface area contributed by atoms with Crippen LogP contribution in [0.4, 0.5) is 0 Å². The average molecular weight is 451 g/mol. The predicted molar refractivity (Wildman–Crippen MR) is 115 cm³/mol. The Kier molecular flexibility index (Phi) is 15.9. The van der Waals surface area contributed by atoms with Crippen molar-refractivity contribution in [2.75, 3.05) is 52.4 Å². The largest absolute Gasteiger partial charge is 1.00 e. The van der Waals surface area contributed by atoms with Crippen molar-refractivity contribution in [1.82, 2.24) is 20.4 Å². The first-order valence-corrected chi connectivity index (χ1v) is 11.8. The average Bonchev–Trinajstić information content (AvgIpc) is 2.76. The van der Waals surface area contributed by atoms with Gasteiger partial charge in [-0.2, -0.15) is 0 Å². The molecule has 2 aliphatic heterocycles. The minimum atomic E-state index is -0.942. The van der Waals surface area contributed by atoms with Crippen LogP contribution in [0.1, 0.15) is 64.2 Å². The number of aliphatic carboxylic acids is 1. The van der Waals surface area contributed by atoms with Crippen LogP contribution in [0.5, 0.6) is 0 Å². The Labute approximate surface area is 225 Å². The van der Waals surface area contributed by atoms with Crippen molar-refractivity contribution in [3.8, 4) is 0 Å². The van der Waals surface area contributed by atoms with Crippen molar-refractivity contribution in [1.29, 1.82) is 0 Å². The second-order valence-corrected chi connectivity index (χ2v) is 9.09. The van der Waals surface area contributed by atoms with Crippen molar-refractivity contribution in [3.05, 3.63) is 0 Å². The number of carbonyl (C=O) groups is 1. The molecule has 0 amide bonds. The molecule has 0 radical (unpaired) electrons. The summed E-state index contributed by atoms with van der Waals surface area (Å²) in [6.45, 7) is 7.76. The van der Waals surface area contributed by atoms with Crippen LogP contribution in [-0.2, 0) is 4.79 Å². The van der Waals surface area contributed by atoms with Crippen LogP contribution >= 0.6 is 0 Å². The molecule has 30 heavy (non-hydrogen) atoms. The molecular weight excluding hydrogens is 407 g/mol. The summed E-state index contributed by atoms with van der Waals surface area (Å²) in [7, 11) is 0. The number of carboxylic acid groups (broad SMARTS) is 1. The molecule has 0 aromatic carbocycles. The number of rotatable bonds is 4. The summed E-state index contributed by atoms with van der Waals surface area (Å²) in [5, 5.41) is 17.5. The molecular formula is C22H43KN4O3. The van der Waals surface area contributed by atoms with E-state index in [4.69, 9.17) is 0 Å². The van der Waals surface area contributed by atoms with Gasteiger partial charge < -0.3 is 26.0 Å². The minimum absolute atomic E-state index is 0. The molecule has 0 aromatic heterocycles. The topological polar surface area (TPSA) is 102 Å². The van der Waals surface area contributed by atoms with Gasteiger partial charge in [0.25, 0.3) is 0 Å². The maximum Gasteiger partial charge on any atom is 1.00 e. The first-order valence-electron chi connectivity index (χ1n) is 11.8. The third kappa shape index (κ3) is 9.81. The maximum atomic E-state index is 10.7. The SMILES string of the molecule is C1CCC(N2CCNCC2)CC1.O.O=C([O-])CN1CCNCC1C1CCCCC1.[K+]. The number of piperazine rings is 2. The van der Waals surface area contributed by atoms with Crippen molar-refractivity contribution in [3.63, 3.8) is 0 Å². The van der Waals surface area contributed by atoms with Gasteiger partial charge in [0, 0.05) is 64.4 Å². The number of nitrogens with zero attached hydrogens (tertiary/aromatic N) is 2. The van der Waals surface area contributed by atoms with E-state index in [2.05, 4.69) is 20.4 Å². The van der Waals surface area contributed by atoms with Gasteiger partial charge in [0.05, 0.1) is 5.97 Å². The number of carboxylic acids is 1. The Morgan fingerprint density at radius 1 is 0.833 bits per heavy atom. The Morgan fingerprint density at radius 2 is 1.40 bits per heavy atom. The zero-order chi connectivity index (χ0) is 19.6. The molecule has 4 rings (SSSR count). The van der Waals surface area contributed by atoms with Gasteiger partial charge in [-0.1, -0.05) is 38.5 Å². The third-order valence-corrected chi connectivity index (χ3v) is 7.17. The Hall–Kier alpha value is 0.906. The minimum Gasteiger partial charge on any atom is -0.549 e. The van der Waals surface area contributed by atoms with E-state index in [1.807, 2.05) is 0 Å². The van der Waals surface area contributed by atoms with Gasteiger partial charge in [-0.05, 0) is 31.6 Å². The smallest absolute Gasteiger partial charge is 0.549 e. The first-order chi connectivity index (χ1) is 13.7. The second kappa shape index (κ2) is 16.5. The van der Waals surface area contributed by atoms with Gasteiger partial charge in [-0.3, -0.25) is 9.80 Å². The molecule has 4 aliphatic rings. The van der Waals surface area contributed by atoms with Crippen LogP contribution in [0.15, 0.2) is 0 Å². The number of hydrogen-bond acceptors (Lipinski definition) is 6. The van der Waals surface area contributed by atoms with Crippen molar-refractivity contribution in [2.24, 2.45) is 5.92 Å². The van der Waals surface area contributed by atoms with E-state index in [1.54, 1.807) is 0 Å². The van der Waals surface area contributed by atoms with Gasteiger partial charge in [0.1, 0.15) is 0 Å². The van der Waals surface area contributed by atoms with E-state index in [0.29, 0.717) is 12.0 Å². The summed E-state index contributed by atoms with van der Waals surface area (Å²) in [5.41, 5.74) is 0. The molecule has 7 nitrogen and oxygen atoms in total. The van der Waals surface area contributed by atoms with E-state index < -0.39 is 5.97 Å². The Bertz CT molecular complexity index is 438. The number of hydrogen-bond donors (Lipinski definition) is 2. The second-order valence-electron chi connectivity index (χ2n) is 9.09. The molecule has 1 unspecified atom stereocenters. The third-order valence-electron chi connectivity index (χ3n) is 7.17. The molecule has 2 heterocycles. The van der Waals surface area contributed by atoms with E-state index in [9.17, 15) is 9.90 Å². The van der Waals surface area contributed by atoms with Crippen LogP contribution in [0, 0.1) is 5.92 Å². The van der Waals surface area contributed by atoms with Crippen LogP contribution in [0.3, 0.4) is 0 Å². The molecule has 170 valence electrons. The van der Waals surface area contributed by atoms with Gasteiger partial charge in [-0.25, -0.2) is 0 Å². The summed E-state index contributed by atoms with van der Waals surface area (Å²) in [6.07, 6.45) is 13.8. The molecule has 2 saturated heterocycles. The number of nitrogens with one attached hydrogen (secondary N) is 2. The molecule has 2 aliphatic carbocycles. The summed E-state index contributed by atoms with van der Waals surface area (Å²) >= 11 is 0. The van der Waals surface area contributed by atoms with Crippen LogP contribution in [-0.4, -0.2) is 85.7 Å². The molecule has 4 N–H and O–H groups in total. The Balaban J connectivity index is 0.000000290. The van der Waals surface area contributed by atoms with Gasteiger partial charge >= 0.3 is 51.4 Å². The van der Waals surface area contributed by atoms with E-state index >= 15 is 0 Å². The van der Waals surface area contributed by atoms with Gasteiger partial charge in [-0.15, -0.1) is 0 Å². The summed E-state index contributed by atoms with van der Waals surface area (Å²) in [6, 6.07) is 1.34. The standard InChI is InChI=1S/C12H22N2O2.C10H20N2.K.H2O/c15-12(16)9-14-7-6-13-8-11(14)10-4-2-1-3-5-10;1-2-4-10(5-3-1)12-8-6-11-7-9-12;;/h10-11,13H,1-9H2,(H,15,16);10-11H,1-9H2;;1H2/q;;+1;/p-1. The van der Waals surface area contributed by atoms with Gasteiger partial charge in [0.15, 0.2) is 0 Å². The van der Waals surface area contributed by atoms with E-state index in [1.165, 1.54) is 90.4 Å². The molecule has 0 bridgehead atoms. The molecule has 4 fully saturated rings.